The lowest BCUT2D eigenvalue weighted by Gasteiger charge is -2.40. The van der Waals surface area contributed by atoms with Crippen LogP contribution in [-0.4, -0.2) is 46.2 Å². The summed E-state index contributed by atoms with van der Waals surface area (Å²) in [7, 11) is 0. The molecule has 1 atom stereocenters. The molecular weight excluding hydrogens is 312 g/mol. The first-order valence-electron chi connectivity index (χ1n) is 7.79. The standard InChI is InChI=1S/C17H16N2O5/c20-9-12-6-14(18-24-12)11-7-19(8-11)16(21)15-5-10-3-1-2-4-13(10)17(22)23-15/h1-4,6,11,15,20H,5,7-9H2. The third-order valence-electron chi connectivity index (χ3n) is 4.51. The van der Waals surface area contributed by atoms with E-state index in [-0.39, 0.29) is 18.4 Å². The fourth-order valence-electron chi connectivity index (χ4n) is 3.11. The number of hydrogen-bond acceptors (Lipinski definition) is 6. The molecule has 1 aromatic heterocycles. The number of ether oxygens (including phenoxy) is 1. The molecule has 0 saturated carbocycles. The van der Waals surface area contributed by atoms with Crippen molar-refractivity contribution < 1.29 is 24.0 Å². The zero-order chi connectivity index (χ0) is 16.7. The van der Waals surface area contributed by atoms with Crippen molar-refractivity contribution in [2.75, 3.05) is 13.1 Å². The van der Waals surface area contributed by atoms with E-state index in [9.17, 15) is 9.59 Å². The van der Waals surface area contributed by atoms with E-state index in [0.717, 1.165) is 11.3 Å². The smallest absolute Gasteiger partial charge is 0.339 e. The molecule has 1 aromatic carbocycles. The van der Waals surface area contributed by atoms with Crippen LogP contribution in [0.15, 0.2) is 34.9 Å². The quantitative estimate of drug-likeness (QED) is 0.841. The van der Waals surface area contributed by atoms with E-state index < -0.39 is 12.1 Å². The van der Waals surface area contributed by atoms with Gasteiger partial charge in [-0.05, 0) is 11.6 Å². The Morgan fingerprint density at radius 2 is 2.12 bits per heavy atom. The number of amides is 1. The van der Waals surface area contributed by atoms with Crippen LogP contribution >= 0.6 is 0 Å². The molecule has 1 N–H and O–H groups in total. The summed E-state index contributed by atoms with van der Waals surface area (Å²) in [5, 5.41) is 12.9. The zero-order valence-corrected chi connectivity index (χ0v) is 12.8. The number of aromatic nitrogens is 1. The Morgan fingerprint density at radius 3 is 2.88 bits per heavy atom. The second-order valence-corrected chi connectivity index (χ2v) is 6.07. The van der Waals surface area contributed by atoms with E-state index in [0.29, 0.717) is 30.8 Å². The summed E-state index contributed by atoms with van der Waals surface area (Å²) in [5.74, 6) is -0.131. The van der Waals surface area contributed by atoms with Gasteiger partial charge in [0.15, 0.2) is 11.9 Å². The average molecular weight is 328 g/mol. The first kappa shape index (κ1) is 14.9. The topological polar surface area (TPSA) is 92.9 Å². The molecular formula is C17H16N2O5. The van der Waals surface area contributed by atoms with Crippen molar-refractivity contribution in [3.8, 4) is 0 Å². The molecule has 1 amide bonds. The Morgan fingerprint density at radius 1 is 1.33 bits per heavy atom. The third kappa shape index (κ3) is 2.46. The van der Waals surface area contributed by atoms with Crippen molar-refractivity contribution >= 4 is 11.9 Å². The highest BCUT2D eigenvalue weighted by Gasteiger charge is 2.40. The van der Waals surface area contributed by atoms with E-state index in [4.69, 9.17) is 14.4 Å². The highest BCUT2D eigenvalue weighted by molar-refractivity contribution is 5.96. The Labute approximate surface area is 137 Å². The van der Waals surface area contributed by atoms with Gasteiger partial charge in [0.1, 0.15) is 6.61 Å². The van der Waals surface area contributed by atoms with Crippen LogP contribution in [0.25, 0.3) is 0 Å². The summed E-state index contributed by atoms with van der Waals surface area (Å²) in [6, 6.07) is 8.88. The van der Waals surface area contributed by atoms with Crippen LogP contribution < -0.4 is 0 Å². The van der Waals surface area contributed by atoms with Crippen LogP contribution in [0.1, 0.15) is 33.3 Å². The summed E-state index contributed by atoms with van der Waals surface area (Å²) in [6.45, 7) is 0.817. The minimum atomic E-state index is -0.765. The highest BCUT2D eigenvalue weighted by Crippen LogP contribution is 2.29. The van der Waals surface area contributed by atoms with E-state index in [1.807, 2.05) is 12.1 Å². The maximum absolute atomic E-state index is 12.5. The van der Waals surface area contributed by atoms with Crippen molar-refractivity contribution in [2.24, 2.45) is 0 Å². The fourth-order valence-corrected chi connectivity index (χ4v) is 3.11. The number of aliphatic hydroxyl groups is 1. The Hall–Kier alpha value is -2.67. The summed E-state index contributed by atoms with van der Waals surface area (Å²) >= 11 is 0. The first-order chi connectivity index (χ1) is 11.7. The molecule has 0 bridgehead atoms. The number of carbonyl (C=O) groups is 2. The van der Waals surface area contributed by atoms with Crippen LogP contribution in [0.5, 0.6) is 0 Å². The maximum atomic E-state index is 12.5. The van der Waals surface area contributed by atoms with Gasteiger partial charge in [0.2, 0.25) is 0 Å². The molecule has 7 nitrogen and oxygen atoms in total. The highest BCUT2D eigenvalue weighted by atomic mass is 16.5. The molecule has 3 heterocycles. The van der Waals surface area contributed by atoms with Gasteiger partial charge in [-0.3, -0.25) is 4.79 Å². The van der Waals surface area contributed by atoms with Crippen molar-refractivity contribution in [3.05, 3.63) is 52.9 Å². The number of rotatable bonds is 3. The van der Waals surface area contributed by atoms with Gasteiger partial charge in [-0.1, -0.05) is 23.4 Å². The van der Waals surface area contributed by atoms with E-state index in [1.54, 1.807) is 23.1 Å². The van der Waals surface area contributed by atoms with E-state index >= 15 is 0 Å². The molecule has 0 spiro atoms. The second-order valence-electron chi connectivity index (χ2n) is 6.07. The summed E-state index contributed by atoms with van der Waals surface area (Å²) in [5.41, 5.74) is 2.10. The lowest BCUT2D eigenvalue weighted by atomic mass is 9.93. The lowest BCUT2D eigenvalue weighted by molar-refractivity contribution is -0.145. The zero-order valence-electron chi connectivity index (χ0n) is 12.8. The third-order valence-corrected chi connectivity index (χ3v) is 4.51. The minimum absolute atomic E-state index is 0.0876. The Bertz CT molecular complexity index is 794. The molecule has 4 rings (SSSR count). The van der Waals surface area contributed by atoms with Crippen LogP contribution in [0.4, 0.5) is 0 Å². The first-order valence-corrected chi connectivity index (χ1v) is 7.79. The molecule has 1 unspecified atom stereocenters. The molecule has 24 heavy (non-hydrogen) atoms. The number of hydrogen-bond donors (Lipinski definition) is 1. The molecule has 7 heteroatoms. The molecule has 1 saturated heterocycles. The molecule has 2 aliphatic rings. The number of fused-ring (bicyclic) bond motifs is 1. The largest absolute Gasteiger partial charge is 0.448 e. The Balaban J connectivity index is 1.40. The normalized spacial score (nSPS) is 20.3. The van der Waals surface area contributed by atoms with Crippen LogP contribution in [0.3, 0.4) is 0 Å². The molecule has 2 aromatic rings. The van der Waals surface area contributed by atoms with Gasteiger partial charge in [-0.15, -0.1) is 0 Å². The summed E-state index contributed by atoms with van der Waals surface area (Å²) in [6.07, 6.45) is -0.362. The monoisotopic (exact) mass is 328 g/mol. The number of aliphatic hydroxyl groups excluding tert-OH is 1. The predicted molar refractivity (Wildman–Crippen MR) is 81.1 cm³/mol. The average Bonchev–Trinajstić information content (AvgIpc) is 3.02. The molecule has 0 aliphatic carbocycles. The molecule has 0 radical (unpaired) electrons. The van der Waals surface area contributed by atoms with Gasteiger partial charge >= 0.3 is 5.97 Å². The maximum Gasteiger partial charge on any atom is 0.339 e. The number of benzene rings is 1. The fraction of sp³-hybridized carbons (Fsp3) is 0.353. The van der Waals surface area contributed by atoms with Crippen molar-refractivity contribution in [3.63, 3.8) is 0 Å². The van der Waals surface area contributed by atoms with Gasteiger partial charge in [-0.25, -0.2) is 4.79 Å². The SMILES string of the molecule is O=C1OC(C(=O)N2CC(c3cc(CO)on3)C2)Cc2ccccc21. The van der Waals surface area contributed by atoms with Gasteiger partial charge in [-0.2, -0.15) is 0 Å². The number of likely N-dealkylation sites (tertiary alicyclic amines) is 1. The Kier molecular flexibility index (Phi) is 3.57. The molecule has 1 fully saturated rings. The minimum Gasteiger partial charge on any atom is -0.448 e. The van der Waals surface area contributed by atoms with Gasteiger partial charge in [0.25, 0.3) is 5.91 Å². The van der Waals surface area contributed by atoms with Crippen LogP contribution in [-0.2, 0) is 22.6 Å². The van der Waals surface area contributed by atoms with Crippen LogP contribution in [0.2, 0.25) is 0 Å². The number of cyclic esters (lactones) is 1. The van der Waals surface area contributed by atoms with E-state index in [1.165, 1.54) is 0 Å². The van der Waals surface area contributed by atoms with Crippen LogP contribution in [0, 0.1) is 0 Å². The number of carbonyl (C=O) groups excluding carboxylic acids is 2. The lowest BCUT2D eigenvalue weighted by Crippen LogP contribution is -2.54. The van der Waals surface area contributed by atoms with Gasteiger partial charge in [0, 0.05) is 31.5 Å². The van der Waals surface area contributed by atoms with Crippen molar-refractivity contribution in [2.45, 2.75) is 25.0 Å². The van der Waals surface area contributed by atoms with Gasteiger partial charge < -0.3 is 19.3 Å². The van der Waals surface area contributed by atoms with E-state index in [2.05, 4.69) is 5.16 Å². The summed E-state index contributed by atoms with van der Waals surface area (Å²) < 4.78 is 10.3. The summed E-state index contributed by atoms with van der Waals surface area (Å²) in [4.78, 5) is 26.2. The molecule has 124 valence electrons. The number of nitrogens with zero attached hydrogens (tertiary/aromatic N) is 2. The molecule has 2 aliphatic heterocycles. The second kappa shape index (κ2) is 5.76. The predicted octanol–water partition coefficient (Wildman–Crippen LogP) is 0.874. The van der Waals surface area contributed by atoms with Crippen molar-refractivity contribution in [1.82, 2.24) is 10.1 Å². The van der Waals surface area contributed by atoms with Crippen molar-refractivity contribution in [1.29, 1.82) is 0 Å². The number of esters is 1. The van der Waals surface area contributed by atoms with Gasteiger partial charge in [0.05, 0.1) is 11.3 Å².